The van der Waals surface area contributed by atoms with Crippen LogP contribution in [0, 0.1) is 5.92 Å². The lowest BCUT2D eigenvalue weighted by molar-refractivity contribution is 0.261. The van der Waals surface area contributed by atoms with Crippen molar-refractivity contribution in [2.24, 2.45) is 10.9 Å². The maximum atomic E-state index is 4.68. The van der Waals surface area contributed by atoms with Gasteiger partial charge in [-0.3, -0.25) is 4.99 Å². The molecular formula is C14H33IN4. The van der Waals surface area contributed by atoms with Gasteiger partial charge in [0.2, 0.25) is 0 Å². The molecule has 0 rings (SSSR count). The second-order valence-electron chi connectivity index (χ2n) is 5.39. The average Bonchev–Trinajstić information content (AvgIpc) is 2.30. The second-order valence-corrected chi connectivity index (χ2v) is 5.39. The molecule has 0 spiro atoms. The molecule has 0 aliphatic carbocycles. The Morgan fingerprint density at radius 1 is 1.16 bits per heavy atom. The molecular weight excluding hydrogens is 351 g/mol. The lowest BCUT2D eigenvalue weighted by atomic mass is 10.0. The molecule has 0 aromatic rings. The highest BCUT2D eigenvalue weighted by Crippen LogP contribution is 2.09. The fourth-order valence-corrected chi connectivity index (χ4v) is 1.77. The molecule has 1 atom stereocenters. The summed E-state index contributed by atoms with van der Waals surface area (Å²) in [4.78, 5) is 6.95. The Morgan fingerprint density at radius 3 is 2.21 bits per heavy atom. The van der Waals surface area contributed by atoms with Crippen molar-refractivity contribution in [1.82, 2.24) is 15.5 Å². The largest absolute Gasteiger partial charge is 0.357 e. The van der Waals surface area contributed by atoms with E-state index in [9.17, 15) is 0 Å². The monoisotopic (exact) mass is 384 g/mol. The van der Waals surface area contributed by atoms with Gasteiger partial charge in [-0.1, -0.05) is 20.8 Å². The predicted octanol–water partition coefficient (Wildman–Crippen LogP) is 2.55. The van der Waals surface area contributed by atoms with Crippen LogP contribution in [0.1, 0.15) is 40.5 Å². The Balaban J connectivity index is 0. The maximum Gasteiger partial charge on any atom is 0.191 e. The van der Waals surface area contributed by atoms with Gasteiger partial charge < -0.3 is 15.5 Å². The lowest BCUT2D eigenvalue weighted by Gasteiger charge is -2.24. The summed E-state index contributed by atoms with van der Waals surface area (Å²) in [6.07, 6.45) is 2.30. The minimum Gasteiger partial charge on any atom is -0.357 e. The Bertz CT molecular complexity index is 229. The van der Waals surface area contributed by atoms with Gasteiger partial charge in [0.05, 0.1) is 6.54 Å². The Hall–Kier alpha value is -0.0400. The van der Waals surface area contributed by atoms with E-state index in [-0.39, 0.29) is 24.0 Å². The molecule has 0 saturated carbocycles. The first-order valence-corrected chi connectivity index (χ1v) is 7.19. The van der Waals surface area contributed by atoms with Gasteiger partial charge in [-0.2, -0.15) is 0 Å². The van der Waals surface area contributed by atoms with Crippen LogP contribution in [0.2, 0.25) is 0 Å². The van der Waals surface area contributed by atoms with Gasteiger partial charge in [0, 0.05) is 19.1 Å². The fourth-order valence-electron chi connectivity index (χ4n) is 1.77. The molecule has 0 amide bonds. The number of nitrogens with one attached hydrogen (secondary N) is 2. The molecule has 0 aliphatic heterocycles. The number of rotatable bonds is 8. The van der Waals surface area contributed by atoms with Crippen LogP contribution in [0.15, 0.2) is 4.99 Å². The number of likely N-dealkylation sites (N-methyl/N-ethyl adjacent to an activating group) is 1. The van der Waals surface area contributed by atoms with Crippen LogP contribution >= 0.6 is 24.0 Å². The molecule has 0 aliphatic rings. The molecule has 5 heteroatoms. The number of guanidine groups is 1. The third kappa shape index (κ3) is 11.5. The normalized spacial score (nSPS) is 13.4. The van der Waals surface area contributed by atoms with Gasteiger partial charge in [-0.15, -0.1) is 24.0 Å². The zero-order valence-corrected chi connectivity index (χ0v) is 15.8. The van der Waals surface area contributed by atoms with E-state index < -0.39 is 0 Å². The van der Waals surface area contributed by atoms with E-state index in [1.54, 1.807) is 0 Å². The molecule has 0 bridgehead atoms. The van der Waals surface area contributed by atoms with Crippen molar-refractivity contribution in [1.29, 1.82) is 0 Å². The van der Waals surface area contributed by atoms with Crippen LogP contribution in [0.25, 0.3) is 0 Å². The van der Waals surface area contributed by atoms with Gasteiger partial charge in [0.1, 0.15) is 0 Å². The second kappa shape index (κ2) is 13.0. The van der Waals surface area contributed by atoms with Crippen molar-refractivity contribution >= 4 is 29.9 Å². The number of hydrogen-bond donors (Lipinski definition) is 2. The first-order chi connectivity index (χ1) is 8.51. The highest BCUT2D eigenvalue weighted by molar-refractivity contribution is 14.0. The molecule has 0 aromatic carbocycles. The van der Waals surface area contributed by atoms with Crippen molar-refractivity contribution in [2.45, 2.75) is 46.6 Å². The standard InChI is InChI=1S/C14H32N4.HI/c1-7-9-16-14(15-8-2)17-11-13(18(5)6)10-12(3)4;/h12-13H,7-11H2,1-6H3,(H2,15,16,17);1H. The summed E-state index contributed by atoms with van der Waals surface area (Å²) < 4.78 is 0. The van der Waals surface area contributed by atoms with Gasteiger partial charge in [0.15, 0.2) is 5.96 Å². The molecule has 0 fully saturated rings. The number of hydrogen-bond acceptors (Lipinski definition) is 2. The van der Waals surface area contributed by atoms with Crippen LogP contribution in [0.4, 0.5) is 0 Å². The van der Waals surface area contributed by atoms with E-state index >= 15 is 0 Å². The molecule has 0 saturated heterocycles. The van der Waals surface area contributed by atoms with E-state index in [1.165, 1.54) is 6.42 Å². The third-order valence-electron chi connectivity index (χ3n) is 2.82. The van der Waals surface area contributed by atoms with Gasteiger partial charge in [0.25, 0.3) is 0 Å². The zero-order chi connectivity index (χ0) is 14.0. The van der Waals surface area contributed by atoms with E-state index in [2.05, 4.69) is 62.3 Å². The Labute approximate surface area is 136 Å². The van der Waals surface area contributed by atoms with Crippen LogP contribution in [0.5, 0.6) is 0 Å². The SMILES string of the molecule is CCCNC(=NCC(CC(C)C)N(C)C)NCC.I. The molecule has 4 nitrogen and oxygen atoms in total. The topological polar surface area (TPSA) is 39.7 Å². The summed E-state index contributed by atoms with van der Waals surface area (Å²) in [6.45, 7) is 11.5. The number of aliphatic imine (C=N–C) groups is 1. The first-order valence-electron chi connectivity index (χ1n) is 7.19. The van der Waals surface area contributed by atoms with Crippen molar-refractivity contribution in [3.05, 3.63) is 0 Å². The van der Waals surface area contributed by atoms with Crippen molar-refractivity contribution in [3.8, 4) is 0 Å². The molecule has 19 heavy (non-hydrogen) atoms. The van der Waals surface area contributed by atoms with Gasteiger partial charge >= 0.3 is 0 Å². The molecule has 2 N–H and O–H groups in total. The molecule has 0 aromatic heterocycles. The smallest absolute Gasteiger partial charge is 0.191 e. The van der Waals surface area contributed by atoms with Crippen LogP contribution in [-0.4, -0.2) is 50.6 Å². The minimum atomic E-state index is 0. The summed E-state index contributed by atoms with van der Waals surface area (Å²) in [5, 5.41) is 6.62. The molecule has 0 radical (unpaired) electrons. The van der Waals surface area contributed by atoms with Crippen LogP contribution < -0.4 is 10.6 Å². The molecule has 1 unspecified atom stereocenters. The van der Waals surface area contributed by atoms with Crippen molar-refractivity contribution < 1.29 is 0 Å². The molecule has 0 heterocycles. The average molecular weight is 384 g/mol. The van der Waals surface area contributed by atoms with Crippen LogP contribution in [0.3, 0.4) is 0 Å². The maximum absolute atomic E-state index is 4.68. The fraction of sp³-hybridized carbons (Fsp3) is 0.929. The highest BCUT2D eigenvalue weighted by Gasteiger charge is 2.12. The van der Waals surface area contributed by atoms with E-state index in [4.69, 9.17) is 0 Å². The summed E-state index contributed by atoms with van der Waals surface area (Å²) in [5.74, 6) is 1.65. The van der Waals surface area contributed by atoms with E-state index in [1.807, 2.05) is 0 Å². The predicted molar refractivity (Wildman–Crippen MR) is 96.6 cm³/mol. The Morgan fingerprint density at radius 2 is 1.79 bits per heavy atom. The lowest BCUT2D eigenvalue weighted by Crippen LogP contribution is -2.39. The quantitative estimate of drug-likeness (QED) is 0.384. The summed E-state index contributed by atoms with van der Waals surface area (Å²) in [5.41, 5.74) is 0. The molecule has 116 valence electrons. The third-order valence-corrected chi connectivity index (χ3v) is 2.82. The number of halogens is 1. The van der Waals surface area contributed by atoms with Crippen LogP contribution in [-0.2, 0) is 0 Å². The first kappa shape index (κ1) is 21.3. The van der Waals surface area contributed by atoms with Crippen molar-refractivity contribution in [2.75, 3.05) is 33.7 Å². The summed E-state index contributed by atoms with van der Waals surface area (Å²) in [6, 6.07) is 0.516. The van der Waals surface area contributed by atoms with E-state index in [0.717, 1.165) is 32.0 Å². The zero-order valence-electron chi connectivity index (χ0n) is 13.5. The van der Waals surface area contributed by atoms with Crippen molar-refractivity contribution in [3.63, 3.8) is 0 Å². The highest BCUT2D eigenvalue weighted by atomic mass is 127. The minimum absolute atomic E-state index is 0. The number of nitrogens with zero attached hydrogens (tertiary/aromatic N) is 2. The van der Waals surface area contributed by atoms with Gasteiger partial charge in [-0.05, 0) is 39.8 Å². The summed E-state index contributed by atoms with van der Waals surface area (Å²) >= 11 is 0. The Kier molecular flexibility index (Phi) is 14.5. The summed E-state index contributed by atoms with van der Waals surface area (Å²) in [7, 11) is 4.27. The van der Waals surface area contributed by atoms with Gasteiger partial charge in [-0.25, -0.2) is 0 Å². The van der Waals surface area contributed by atoms with E-state index in [0.29, 0.717) is 12.0 Å².